The summed E-state index contributed by atoms with van der Waals surface area (Å²) in [5.74, 6) is 0.839. The topological polar surface area (TPSA) is 72.4 Å². The number of carbonyl (C=O) groups is 1. The van der Waals surface area contributed by atoms with Gasteiger partial charge in [0.15, 0.2) is 0 Å². The largest absolute Gasteiger partial charge is 0.360 e. The zero-order valence-corrected chi connectivity index (χ0v) is 10.5. The van der Waals surface area contributed by atoms with E-state index >= 15 is 0 Å². The van der Waals surface area contributed by atoms with E-state index in [1.807, 2.05) is 30.3 Å². The van der Waals surface area contributed by atoms with Crippen molar-refractivity contribution in [2.45, 2.75) is 13.0 Å². The maximum Gasteiger partial charge on any atom is 0.236 e. The molecule has 0 aliphatic carbocycles. The van der Waals surface area contributed by atoms with Crippen LogP contribution >= 0.6 is 0 Å². The van der Waals surface area contributed by atoms with Crippen molar-refractivity contribution < 1.29 is 9.32 Å². The van der Waals surface area contributed by atoms with Gasteiger partial charge in [0.05, 0.1) is 13.1 Å². The summed E-state index contributed by atoms with van der Waals surface area (Å²) in [5.41, 5.74) is 8.25. The second-order valence-corrected chi connectivity index (χ2v) is 4.57. The number of amides is 1. The van der Waals surface area contributed by atoms with E-state index in [2.05, 4.69) is 5.16 Å². The summed E-state index contributed by atoms with van der Waals surface area (Å²) < 4.78 is 5.38. The maximum atomic E-state index is 11.7. The summed E-state index contributed by atoms with van der Waals surface area (Å²) in [5, 5.41) is 4.14. The maximum absolute atomic E-state index is 11.7. The minimum Gasteiger partial charge on any atom is -0.360 e. The summed E-state index contributed by atoms with van der Waals surface area (Å²) in [6, 6.07) is 9.86. The number of aromatic nitrogens is 1. The number of carbonyl (C=O) groups excluding carboxylic acids is 1. The number of hydrogen-bond acceptors (Lipinski definition) is 4. The SMILES string of the molecule is NCC(=O)N1CCc2onc(-c3ccccc3)c2C1. The summed E-state index contributed by atoms with van der Waals surface area (Å²) in [6.45, 7) is 1.22. The predicted molar refractivity (Wildman–Crippen MR) is 70.1 cm³/mol. The van der Waals surface area contributed by atoms with Crippen molar-refractivity contribution in [3.63, 3.8) is 0 Å². The van der Waals surface area contributed by atoms with E-state index in [0.717, 1.165) is 22.6 Å². The molecule has 0 saturated heterocycles. The predicted octanol–water partition coefficient (Wildman–Crippen LogP) is 1.19. The molecule has 3 rings (SSSR count). The zero-order valence-electron chi connectivity index (χ0n) is 10.5. The Morgan fingerprint density at radius 3 is 2.89 bits per heavy atom. The van der Waals surface area contributed by atoms with Gasteiger partial charge in [0.2, 0.25) is 5.91 Å². The molecule has 2 heterocycles. The molecule has 2 aromatic rings. The Labute approximate surface area is 111 Å². The second kappa shape index (κ2) is 4.85. The van der Waals surface area contributed by atoms with Gasteiger partial charge >= 0.3 is 0 Å². The summed E-state index contributed by atoms with van der Waals surface area (Å²) >= 11 is 0. The van der Waals surface area contributed by atoms with Crippen molar-refractivity contribution in [1.82, 2.24) is 10.1 Å². The van der Waals surface area contributed by atoms with Gasteiger partial charge in [0.1, 0.15) is 11.5 Å². The van der Waals surface area contributed by atoms with Crippen molar-refractivity contribution in [3.8, 4) is 11.3 Å². The van der Waals surface area contributed by atoms with E-state index in [1.54, 1.807) is 4.90 Å². The Hall–Kier alpha value is -2.14. The number of nitrogens with two attached hydrogens (primary N) is 1. The van der Waals surface area contributed by atoms with Crippen molar-refractivity contribution in [3.05, 3.63) is 41.7 Å². The molecule has 1 aromatic carbocycles. The fourth-order valence-corrected chi connectivity index (χ4v) is 2.37. The van der Waals surface area contributed by atoms with E-state index in [9.17, 15) is 4.79 Å². The Bertz CT molecular complexity index is 592. The molecule has 5 nitrogen and oxygen atoms in total. The standard InChI is InChI=1S/C14H15N3O2/c15-8-13(18)17-7-6-12-11(9-17)14(16-19-12)10-4-2-1-3-5-10/h1-5H,6-9,15H2. The van der Waals surface area contributed by atoms with Crippen LogP contribution in [0.5, 0.6) is 0 Å². The highest BCUT2D eigenvalue weighted by molar-refractivity contribution is 5.78. The molecule has 0 fully saturated rings. The van der Waals surface area contributed by atoms with Gasteiger partial charge < -0.3 is 15.2 Å². The molecule has 0 atom stereocenters. The van der Waals surface area contributed by atoms with Gasteiger partial charge in [-0.3, -0.25) is 4.79 Å². The Kier molecular flexibility index (Phi) is 3.05. The van der Waals surface area contributed by atoms with Crippen molar-refractivity contribution in [1.29, 1.82) is 0 Å². The number of nitrogens with zero attached hydrogens (tertiary/aromatic N) is 2. The van der Waals surface area contributed by atoms with Gasteiger partial charge in [-0.1, -0.05) is 35.5 Å². The molecule has 1 amide bonds. The lowest BCUT2D eigenvalue weighted by Gasteiger charge is -2.25. The average molecular weight is 257 g/mol. The highest BCUT2D eigenvalue weighted by Crippen LogP contribution is 2.29. The fourth-order valence-electron chi connectivity index (χ4n) is 2.37. The Morgan fingerprint density at radius 1 is 1.37 bits per heavy atom. The van der Waals surface area contributed by atoms with Crippen LogP contribution in [0.3, 0.4) is 0 Å². The molecule has 0 radical (unpaired) electrons. The molecule has 19 heavy (non-hydrogen) atoms. The van der Waals surface area contributed by atoms with Gasteiger partial charge in [-0.25, -0.2) is 0 Å². The third-order valence-corrected chi connectivity index (χ3v) is 3.40. The first-order chi connectivity index (χ1) is 9.29. The molecule has 1 aliphatic heterocycles. The van der Waals surface area contributed by atoms with Gasteiger partial charge in [-0.2, -0.15) is 0 Å². The van der Waals surface area contributed by atoms with Crippen LogP contribution in [-0.4, -0.2) is 29.1 Å². The van der Waals surface area contributed by atoms with Crippen LogP contribution in [0.25, 0.3) is 11.3 Å². The molecule has 0 saturated carbocycles. The first-order valence-electron chi connectivity index (χ1n) is 6.30. The van der Waals surface area contributed by atoms with Crippen LogP contribution in [0, 0.1) is 0 Å². The molecule has 98 valence electrons. The van der Waals surface area contributed by atoms with Crippen molar-refractivity contribution in [2.75, 3.05) is 13.1 Å². The van der Waals surface area contributed by atoms with E-state index < -0.39 is 0 Å². The quantitative estimate of drug-likeness (QED) is 0.877. The minimum atomic E-state index is -0.0362. The summed E-state index contributed by atoms with van der Waals surface area (Å²) in [7, 11) is 0. The molecule has 0 unspecified atom stereocenters. The normalized spacial score (nSPS) is 14.3. The van der Waals surface area contributed by atoms with Crippen molar-refractivity contribution in [2.24, 2.45) is 5.73 Å². The fraction of sp³-hybridized carbons (Fsp3) is 0.286. The summed E-state index contributed by atoms with van der Waals surface area (Å²) in [4.78, 5) is 13.5. The van der Waals surface area contributed by atoms with Crippen LogP contribution in [0.4, 0.5) is 0 Å². The number of rotatable bonds is 2. The van der Waals surface area contributed by atoms with Gasteiger partial charge in [-0.15, -0.1) is 0 Å². The number of hydrogen-bond donors (Lipinski definition) is 1. The Balaban J connectivity index is 1.95. The molecule has 2 N–H and O–H groups in total. The molecule has 0 bridgehead atoms. The highest BCUT2D eigenvalue weighted by Gasteiger charge is 2.26. The smallest absolute Gasteiger partial charge is 0.236 e. The van der Waals surface area contributed by atoms with Crippen LogP contribution in [0.1, 0.15) is 11.3 Å². The number of benzene rings is 1. The monoisotopic (exact) mass is 257 g/mol. The third-order valence-electron chi connectivity index (χ3n) is 3.40. The van der Waals surface area contributed by atoms with Crippen molar-refractivity contribution >= 4 is 5.91 Å². The lowest BCUT2D eigenvalue weighted by atomic mass is 10.0. The van der Waals surface area contributed by atoms with Crippen LogP contribution in [-0.2, 0) is 17.8 Å². The molecular formula is C14H15N3O2. The van der Waals surface area contributed by atoms with Gasteiger partial charge in [0.25, 0.3) is 0 Å². The van der Waals surface area contributed by atoms with Gasteiger partial charge in [-0.05, 0) is 0 Å². The van der Waals surface area contributed by atoms with E-state index in [4.69, 9.17) is 10.3 Å². The average Bonchev–Trinajstić information content (AvgIpc) is 2.90. The van der Waals surface area contributed by atoms with E-state index in [-0.39, 0.29) is 12.5 Å². The first kappa shape index (κ1) is 11.9. The number of fused-ring (bicyclic) bond motifs is 1. The molecular weight excluding hydrogens is 242 g/mol. The molecule has 0 spiro atoms. The highest BCUT2D eigenvalue weighted by atomic mass is 16.5. The second-order valence-electron chi connectivity index (χ2n) is 4.57. The molecule has 1 aromatic heterocycles. The lowest BCUT2D eigenvalue weighted by molar-refractivity contribution is -0.130. The third kappa shape index (κ3) is 2.13. The lowest BCUT2D eigenvalue weighted by Crippen LogP contribution is -2.39. The molecule has 1 aliphatic rings. The zero-order chi connectivity index (χ0) is 13.2. The summed E-state index contributed by atoms with van der Waals surface area (Å²) in [6.07, 6.45) is 0.695. The minimum absolute atomic E-state index is 0.0362. The van der Waals surface area contributed by atoms with E-state index in [0.29, 0.717) is 19.5 Å². The van der Waals surface area contributed by atoms with Crippen LogP contribution in [0.15, 0.2) is 34.9 Å². The van der Waals surface area contributed by atoms with Crippen LogP contribution in [0.2, 0.25) is 0 Å². The van der Waals surface area contributed by atoms with Gasteiger partial charge in [0, 0.05) is 24.1 Å². The first-order valence-corrected chi connectivity index (χ1v) is 6.30. The van der Waals surface area contributed by atoms with E-state index in [1.165, 1.54) is 0 Å². The molecule has 5 heteroatoms. The van der Waals surface area contributed by atoms with Crippen LogP contribution < -0.4 is 5.73 Å². The Morgan fingerprint density at radius 2 is 2.16 bits per heavy atom.